The van der Waals surface area contributed by atoms with Crippen LogP contribution in [-0.2, 0) is 0 Å². The third-order valence-corrected chi connectivity index (χ3v) is 3.56. The van der Waals surface area contributed by atoms with E-state index >= 15 is 0 Å². The molecule has 1 aromatic carbocycles. The average Bonchev–Trinajstić information content (AvgIpc) is 2.18. The van der Waals surface area contributed by atoms with Gasteiger partial charge in [0.2, 0.25) is 0 Å². The summed E-state index contributed by atoms with van der Waals surface area (Å²) in [6, 6.07) is 8.81. The molecule has 0 aliphatic rings. The Balaban J connectivity index is 2.94. The van der Waals surface area contributed by atoms with Crippen molar-refractivity contribution in [3.05, 3.63) is 35.4 Å². The fraction of sp³-hybridized carbons (Fsp3) is 0.538. The molecule has 0 saturated heterocycles. The van der Waals surface area contributed by atoms with Gasteiger partial charge in [0.15, 0.2) is 0 Å². The largest absolute Gasteiger partial charge is 0.154 e. The van der Waals surface area contributed by atoms with Gasteiger partial charge < -0.3 is 0 Å². The lowest BCUT2D eigenvalue weighted by Gasteiger charge is -2.17. The van der Waals surface area contributed by atoms with Crippen molar-refractivity contribution in [2.75, 3.05) is 5.75 Å². The molecular formula is C13H20S. The van der Waals surface area contributed by atoms with Gasteiger partial charge in [-0.2, -0.15) is 11.8 Å². The second-order valence-electron chi connectivity index (χ2n) is 3.88. The fourth-order valence-corrected chi connectivity index (χ4v) is 2.64. The quantitative estimate of drug-likeness (QED) is 0.695. The Hall–Kier alpha value is -0.430. The lowest BCUT2D eigenvalue weighted by Crippen LogP contribution is -1.98. The zero-order valence-corrected chi connectivity index (χ0v) is 10.4. The van der Waals surface area contributed by atoms with E-state index in [-0.39, 0.29) is 0 Å². The fourth-order valence-electron chi connectivity index (χ4n) is 1.75. The van der Waals surface area contributed by atoms with E-state index in [9.17, 15) is 0 Å². The van der Waals surface area contributed by atoms with Crippen molar-refractivity contribution in [1.29, 1.82) is 0 Å². The average molecular weight is 208 g/mol. The van der Waals surface area contributed by atoms with Crippen LogP contribution in [0.15, 0.2) is 24.3 Å². The minimum Gasteiger partial charge on any atom is -0.154 e. The summed E-state index contributed by atoms with van der Waals surface area (Å²) in [4.78, 5) is 0. The SMILES string of the molecule is CCSC(C)c1ccccc1C(C)C. The first-order valence-corrected chi connectivity index (χ1v) is 6.42. The molecule has 78 valence electrons. The molecule has 14 heavy (non-hydrogen) atoms. The lowest BCUT2D eigenvalue weighted by molar-refractivity contribution is 0.841. The molecule has 0 radical (unpaired) electrons. The topological polar surface area (TPSA) is 0 Å². The second kappa shape index (κ2) is 5.45. The van der Waals surface area contributed by atoms with Crippen LogP contribution in [0.25, 0.3) is 0 Å². The number of benzene rings is 1. The van der Waals surface area contributed by atoms with Crippen LogP contribution < -0.4 is 0 Å². The highest BCUT2D eigenvalue weighted by atomic mass is 32.2. The van der Waals surface area contributed by atoms with Crippen molar-refractivity contribution in [2.24, 2.45) is 0 Å². The van der Waals surface area contributed by atoms with Crippen molar-refractivity contribution < 1.29 is 0 Å². The van der Waals surface area contributed by atoms with E-state index in [4.69, 9.17) is 0 Å². The zero-order chi connectivity index (χ0) is 10.6. The Morgan fingerprint density at radius 1 is 1.07 bits per heavy atom. The summed E-state index contributed by atoms with van der Waals surface area (Å²) in [6.45, 7) is 9.05. The van der Waals surface area contributed by atoms with E-state index in [2.05, 4.69) is 52.0 Å². The maximum Gasteiger partial charge on any atom is 0.0271 e. The van der Waals surface area contributed by atoms with Crippen molar-refractivity contribution in [2.45, 2.75) is 38.9 Å². The molecule has 0 amide bonds. The van der Waals surface area contributed by atoms with Crippen LogP contribution >= 0.6 is 11.8 Å². The Kier molecular flexibility index (Phi) is 4.53. The van der Waals surface area contributed by atoms with Gasteiger partial charge in [-0.3, -0.25) is 0 Å². The van der Waals surface area contributed by atoms with Crippen LogP contribution in [-0.4, -0.2) is 5.75 Å². The number of thioether (sulfide) groups is 1. The van der Waals surface area contributed by atoms with Gasteiger partial charge in [-0.1, -0.05) is 45.0 Å². The minimum atomic E-state index is 0.624. The van der Waals surface area contributed by atoms with E-state index in [1.54, 1.807) is 0 Å². The molecule has 1 rings (SSSR count). The molecule has 1 atom stereocenters. The van der Waals surface area contributed by atoms with Gasteiger partial charge in [0.1, 0.15) is 0 Å². The lowest BCUT2D eigenvalue weighted by atomic mass is 9.96. The van der Waals surface area contributed by atoms with Crippen LogP contribution in [0.1, 0.15) is 50.0 Å². The van der Waals surface area contributed by atoms with Gasteiger partial charge in [-0.05, 0) is 29.7 Å². The number of rotatable bonds is 4. The molecule has 0 N–H and O–H groups in total. The van der Waals surface area contributed by atoms with Crippen LogP contribution in [0.5, 0.6) is 0 Å². The predicted octanol–water partition coefficient (Wildman–Crippen LogP) is 4.62. The highest BCUT2D eigenvalue weighted by Crippen LogP contribution is 2.33. The summed E-state index contributed by atoms with van der Waals surface area (Å²) < 4.78 is 0. The second-order valence-corrected chi connectivity index (χ2v) is 5.50. The highest BCUT2D eigenvalue weighted by molar-refractivity contribution is 7.99. The van der Waals surface area contributed by atoms with Crippen LogP contribution in [0.4, 0.5) is 0 Å². The summed E-state index contributed by atoms with van der Waals surface area (Å²) in [7, 11) is 0. The molecule has 0 aliphatic carbocycles. The first-order chi connectivity index (χ1) is 6.66. The molecule has 0 spiro atoms. The Labute approximate surface area is 92.1 Å². The van der Waals surface area contributed by atoms with Crippen molar-refractivity contribution in [1.82, 2.24) is 0 Å². The maximum atomic E-state index is 2.30. The van der Waals surface area contributed by atoms with Crippen molar-refractivity contribution >= 4 is 11.8 Å². The van der Waals surface area contributed by atoms with E-state index in [1.165, 1.54) is 16.9 Å². The van der Waals surface area contributed by atoms with Gasteiger partial charge in [0, 0.05) is 5.25 Å². The van der Waals surface area contributed by atoms with Crippen molar-refractivity contribution in [3.8, 4) is 0 Å². The van der Waals surface area contributed by atoms with Crippen LogP contribution in [0, 0.1) is 0 Å². The predicted molar refractivity (Wildman–Crippen MR) is 67.1 cm³/mol. The molecule has 0 aliphatic heterocycles. The summed E-state index contributed by atoms with van der Waals surface area (Å²) in [5.74, 6) is 1.82. The van der Waals surface area contributed by atoms with Crippen LogP contribution in [0.3, 0.4) is 0 Å². The number of hydrogen-bond acceptors (Lipinski definition) is 1. The van der Waals surface area contributed by atoms with E-state index in [0.29, 0.717) is 11.2 Å². The Bertz CT molecular complexity index is 278. The molecule has 0 nitrogen and oxygen atoms in total. The summed E-state index contributed by atoms with van der Waals surface area (Å²) >= 11 is 2.02. The summed E-state index contributed by atoms with van der Waals surface area (Å²) in [5, 5.41) is 0.624. The monoisotopic (exact) mass is 208 g/mol. The molecular weight excluding hydrogens is 188 g/mol. The Morgan fingerprint density at radius 3 is 2.14 bits per heavy atom. The van der Waals surface area contributed by atoms with Crippen LogP contribution in [0.2, 0.25) is 0 Å². The highest BCUT2D eigenvalue weighted by Gasteiger charge is 2.11. The molecule has 0 saturated carbocycles. The normalized spacial score (nSPS) is 13.2. The molecule has 1 heteroatoms. The van der Waals surface area contributed by atoms with Crippen molar-refractivity contribution in [3.63, 3.8) is 0 Å². The van der Waals surface area contributed by atoms with Gasteiger partial charge in [0.05, 0.1) is 0 Å². The van der Waals surface area contributed by atoms with Gasteiger partial charge in [-0.15, -0.1) is 0 Å². The third-order valence-electron chi connectivity index (χ3n) is 2.47. The zero-order valence-electron chi connectivity index (χ0n) is 9.58. The standard InChI is InChI=1S/C13H20S/c1-5-14-11(4)13-9-7-6-8-12(13)10(2)3/h6-11H,5H2,1-4H3. The maximum absolute atomic E-state index is 2.30. The minimum absolute atomic E-state index is 0.624. The van der Waals surface area contributed by atoms with E-state index < -0.39 is 0 Å². The molecule has 0 aromatic heterocycles. The first-order valence-electron chi connectivity index (χ1n) is 5.37. The van der Waals surface area contributed by atoms with E-state index in [1.807, 2.05) is 11.8 Å². The third kappa shape index (κ3) is 2.78. The summed E-state index contributed by atoms with van der Waals surface area (Å²) in [6.07, 6.45) is 0. The van der Waals surface area contributed by atoms with Gasteiger partial charge >= 0.3 is 0 Å². The number of hydrogen-bond donors (Lipinski definition) is 0. The molecule has 0 fully saturated rings. The summed E-state index contributed by atoms with van der Waals surface area (Å²) in [5.41, 5.74) is 3.01. The Morgan fingerprint density at radius 2 is 1.64 bits per heavy atom. The molecule has 1 aromatic rings. The van der Waals surface area contributed by atoms with Gasteiger partial charge in [-0.25, -0.2) is 0 Å². The van der Waals surface area contributed by atoms with E-state index in [0.717, 1.165) is 0 Å². The smallest absolute Gasteiger partial charge is 0.0271 e. The molecule has 0 heterocycles. The molecule has 1 unspecified atom stereocenters. The first kappa shape index (κ1) is 11.6. The van der Waals surface area contributed by atoms with Gasteiger partial charge in [0.25, 0.3) is 0 Å². The molecule has 0 bridgehead atoms.